The van der Waals surface area contributed by atoms with Crippen LogP contribution in [-0.4, -0.2) is 35.9 Å². The SMILES string of the molecule is COc1ccc(C(=O)NCCC(=O)Nc2cc(C(=O)Nc3ccc(C)cc3)n(C)c2)cc1. The van der Waals surface area contributed by atoms with Crippen molar-refractivity contribution in [3.63, 3.8) is 0 Å². The van der Waals surface area contributed by atoms with E-state index in [0.29, 0.717) is 28.4 Å². The minimum Gasteiger partial charge on any atom is -0.497 e. The van der Waals surface area contributed by atoms with Crippen LogP contribution < -0.4 is 20.7 Å². The van der Waals surface area contributed by atoms with Crippen molar-refractivity contribution >= 4 is 29.1 Å². The zero-order chi connectivity index (χ0) is 23.1. The van der Waals surface area contributed by atoms with E-state index >= 15 is 0 Å². The van der Waals surface area contributed by atoms with Gasteiger partial charge in [0.1, 0.15) is 11.4 Å². The number of benzene rings is 2. The lowest BCUT2D eigenvalue weighted by Crippen LogP contribution is -2.27. The van der Waals surface area contributed by atoms with Crippen molar-refractivity contribution in [2.45, 2.75) is 13.3 Å². The first-order chi connectivity index (χ1) is 15.4. The molecule has 0 unspecified atom stereocenters. The summed E-state index contributed by atoms with van der Waals surface area (Å²) in [6.07, 6.45) is 1.76. The maximum Gasteiger partial charge on any atom is 0.272 e. The molecule has 0 bridgehead atoms. The average molecular weight is 434 g/mol. The molecule has 0 spiro atoms. The van der Waals surface area contributed by atoms with Gasteiger partial charge >= 0.3 is 0 Å². The smallest absolute Gasteiger partial charge is 0.272 e. The quantitative estimate of drug-likeness (QED) is 0.506. The molecule has 166 valence electrons. The fourth-order valence-electron chi connectivity index (χ4n) is 3.05. The number of aryl methyl sites for hydroxylation is 2. The van der Waals surface area contributed by atoms with Gasteiger partial charge in [-0.2, -0.15) is 0 Å². The number of aromatic nitrogens is 1. The average Bonchev–Trinajstić information content (AvgIpc) is 3.15. The van der Waals surface area contributed by atoms with Gasteiger partial charge in [-0.1, -0.05) is 17.7 Å². The summed E-state index contributed by atoms with van der Waals surface area (Å²) in [5.74, 6) is -0.148. The summed E-state index contributed by atoms with van der Waals surface area (Å²) in [5, 5.41) is 8.29. The van der Waals surface area contributed by atoms with Crippen LogP contribution in [0.15, 0.2) is 60.8 Å². The number of methoxy groups -OCH3 is 1. The number of amides is 3. The van der Waals surface area contributed by atoms with E-state index in [0.717, 1.165) is 5.56 Å². The molecule has 0 saturated heterocycles. The first kappa shape index (κ1) is 22.6. The molecule has 0 radical (unpaired) electrons. The number of hydrogen-bond donors (Lipinski definition) is 3. The van der Waals surface area contributed by atoms with Crippen LogP contribution in [-0.2, 0) is 11.8 Å². The largest absolute Gasteiger partial charge is 0.497 e. The molecule has 0 aliphatic rings. The van der Waals surface area contributed by atoms with Gasteiger partial charge in [-0.3, -0.25) is 14.4 Å². The summed E-state index contributed by atoms with van der Waals surface area (Å²) in [7, 11) is 3.29. The molecule has 32 heavy (non-hydrogen) atoms. The van der Waals surface area contributed by atoms with Gasteiger partial charge in [0, 0.05) is 37.5 Å². The van der Waals surface area contributed by atoms with E-state index in [1.807, 2.05) is 31.2 Å². The summed E-state index contributed by atoms with van der Waals surface area (Å²) in [4.78, 5) is 36.9. The molecule has 3 aromatic rings. The summed E-state index contributed by atoms with van der Waals surface area (Å²) >= 11 is 0. The molecule has 3 rings (SSSR count). The molecule has 3 amide bonds. The molecule has 8 heteroatoms. The molecule has 2 aromatic carbocycles. The van der Waals surface area contributed by atoms with Crippen molar-refractivity contribution in [2.24, 2.45) is 7.05 Å². The summed E-state index contributed by atoms with van der Waals surface area (Å²) in [6.45, 7) is 2.16. The molecule has 0 aliphatic carbocycles. The van der Waals surface area contributed by atoms with E-state index in [-0.39, 0.29) is 30.7 Å². The predicted octanol–water partition coefficient (Wildman–Crippen LogP) is 3.35. The highest BCUT2D eigenvalue weighted by molar-refractivity contribution is 6.04. The summed E-state index contributed by atoms with van der Waals surface area (Å²) < 4.78 is 6.71. The Hall–Kier alpha value is -4.07. The predicted molar refractivity (Wildman–Crippen MR) is 123 cm³/mol. The topological polar surface area (TPSA) is 101 Å². The van der Waals surface area contributed by atoms with E-state index in [1.165, 1.54) is 0 Å². The highest BCUT2D eigenvalue weighted by Crippen LogP contribution is 2.16. The van der Waals surface area contributed by atoms with Gasteiger partial charge in [0.15, 0.2) is 0 Å². The van der Waals surface area contributed by atoms with Gasteiger partial charge in [-0.15, -0.1) is 0 Å². The number of rotatable bonds is 8. The maximum absolute atomic E-state index is 12.5. The minimum absolute atomic E-state index is 0.0989. The number of nitrogens with one attached hydrogen (secondary N) is 3. The van der Waals surface area contributed by atoms with Gasteiger partial charge in [-0.05, 0) is 49.4 Å². The van der Waals surface area contributed by atoms with Crippen LogP contribution in [0.1, 0.15) is 32.8 Å². The fraction of sp³-hybridized carbons (Fsp3) is 0.208. The number of nitrogens with zero attached hydrogens (tertiary/aromatic N) is 1. The third kappa shape index (κ3) is 5.98. The molecule has 8 nitrogen and oxygen atoms in total. The Balaban J connectivity index is 1.49. The fourth-order valence-corrected chi connectivity index (χ4v) is 3.05. The lowest BCUT2D eigenvalue weighted by Gasteiger charge is -2.06. The third-order valence-corrected chi connectivity index (χ3v) is 4.82. The molecule has 0 fully saturated rings. The van der Waals surface area contributed by atoms with Gasteiger partial charge in [0.05, 0.1) is 12.8 Å². The monoisotopic (exact) mass is 434 g/mol. The van der Waals surface area contributed by atoms with E-state index in [2.05, 4.69) is 16.0 Å². The number of carbonyl (C=O) groups is 3. The van der Waals surface area contributed by atoms with Gasteiger partial charge in [0.2, 0.25) is 5.91 Å². The molecular formula is C24H26N4O4. The second kappa shape index (κ2) is 10.3. The molecule has 0 aliphatic heterocycles. The number of ether oxygens (including phenoxy) is 1. The summed E-state index contributed by atoms with van der Waals surface area (Å²) in [6, 6.07) is 15.8. The second-order valence-corrected chi connectivity index (χ2v) is 7.33. The molecule has 0 saturated carbocycles. The van der Waals surface area contributed by atoms with Crippen LogP contribution in [0.3, 0.4) is 0 Å². The molecule has 3 N–H and O–H groups in total. The van der Waals surface area contributed by atoms with E-state index in [9.17, 15) is 14.4 Å². The molecule has 0 atom stereocenters. The molecular weight excluding hydrogens is 408 g/mol. The van der Waals surface area contributed by atoms with Crippen molar-refractivity contribution in [3.05, 3.63) is 77.6 Å². The first-order valence-electron chi connectivity index (χ1n) is 10.1. The van der Waals surface area contributed by atoms with Gasteiger partial charge < -0.3 is 25.3 Å². The lowest BCUT2D eigenvalue weighted by molar-refractivity contribution is -0.116. The zero-order valence-electron chi connectivity index (χ0n) is 18.3. The van der Waals surface area contributed by atoms with Crippen LogP contribution in [0, 0.1) is 6.92 Å². The van der Waals surface area contributed by atoms with Crippen molar-refractivity contribution in [3.8, 4) is 5.75 Å². The Bertz CT molecular complexity index is 1100. The Morgan fingerprint density at radius 1 is 0.906 bits per heavy atom. The maximum atomic E-state index is 12.5. The van der Waals surface area contributed by atoms with Gasteiger partial charge in [0.25, 0.3) is 11.8 Å². The standard InChI is InChI=1S/C24H26N4O4/c1-16-4-8-18(9-5-16)27-24(31)21-14-19(15-28(21)2)26-22(29)12-13-25-23(30)17-6-10-20(32-3)11-7-17/h4-11,14-15H,12-13H2,1-3H3,(H,25,30)(H,26,29)(H,27,31). The Labute approximate surface area is 186 Å². The number of carbonyl (C=O) groups excluding carboxylic acids is 3. The highest BCUT2D eigenvalue weighted by atomic mass is 16.5. The van der Waals surface area contributed by atoms with E-state index in [1.54, 1.807) is 55.3 Å². The van der Waals surface area contributed by atoms with Crippen LogP contribution in [0.2, 0.25) is 0 Å². The van der Waals surface area contributed by atoms with Crippen LogP contribution >= 0.6 is 0 Å². The highest BCUT2D eigenvalue weighted by Gasteiger charge is 2.14. The molecule has 1 aromatic heterocycles. The number of anilines is 2. The van der Waals surface area contributed by atoms with E-state index in [4.69, 9.17) is 4.74 Å². The zero-order valence-corrected chi connectivity index (χ0v) is 18.3. The van der Waals surface area contributed by atoms with Crippen LogP contribution in [0.25, 0.3) is 0 Å². The van der Waals surface area contributed by atoms with Crippen LogP contribution in [0.4, 0.5) is 11.4 Å². The summed E-state index contributed by atoms with van der Waals surface area (Å²) in [5.41, 5.74) is 3.20. The Morgan fingerprint density at radius 2 is 1.59 bits per heavy atom. The van der Waals surface area contributed by atoms with Crippen LogP contribution in [0.5, 0.6) is 5.75 Å². The van der Waals surface area contributed by atoms with Crippen molar-refractivity contribution in [1.82, 2.24) is 9.88 Å². The first-order valence-corrected chi connectivity index (χ1v) is 10.1. The van der Waals surface area contributed by atoms with Crippen molar-refractivity contribution < 1.29 is 19.1 Å². The Kier molecular flexibility index (Phi) is 7.28. The third-order valence-electron chi connectivity index (χ3n) is 4.82. The second-order valence-electron chi connectivity index (χ2n) is 7.33. The van der Waals surface area contributed by atoms with Crippen molar-refractivity contribution in [2.75, 3.05) is 24.3 Å². The van der Waals surface area contributed by atoms with Gasteiger partial charge in [-0.25, -0.2) is 0 Å². The lowest BCUT2D eigenvalue weighted by atomic mass is 10.2. The molecule has 1 heterocycles. The number of hydrogen-bond acceptors (Lipinski definition) is 4. The van der Waals surface area contributed by atoms with Crippen molar-refractivity contribution in [1.29, 1.82) is 0 Å². The Morgan fingerprint density at radius 3 is 2.25 bits per heavy atom. The normalized spacial score (nSPS) is 10.3. The minimum atomic E-state index is -0.274. The van der Waals surface area contributed by atoms with E-state index < -0.39 is 0 Å².